The molecular weight excluding hydrogens is 406 g/mol. The smallest absolute Gasteiger partial charge is 0.265 e. The average molecular weight is 419 g/mol. The maximum atomic E-state index is 12.8. The predicted octanol–water partition coefficient (Wildman–Crippen LogP) is 4.43. The van der Waals surface area contributed by atoms with E-state index in [-0.39, 0.29) is 4.90 Å². The number of para-hydroxylation sites is 1. The van der Waals surface area contributed by atoms with Gasteiger partial charge in [-0.2, -0.15) is 0 Å². The highest BCUT2D eigenvalue weighted by atomic mass is 79.9. The molecule has 2 aromatic rings. The molecular formula is C14H13Br2NO2S. The number of rotatable bonds is 4. The molecule has 106 valence electrons. The SMILES string of the molecule is CCN(c1ccccc1)S(=O)(=O)c1ccc(Br)cc1Br. The highest BCUT2D eigenvalue weighted by Gasteiger charge is 2.25. The lowest BCUT2D eigenvalue weighted by atomic mass is 10.3. The van der Waals surface area contributed by atoms with Crippen molar-refractivity contribution in [1.82, 2.24) is 0 Å². The van der Waals surface area contributed by atoms with Crippen molar-refractivity contribution in [2.24, 2.45) is 0 Å². The zero-order valence-electron chi connectivity index (χ0n) is 10.8. The molecule has 0 aliphatic heterocycles. The van der Waals surface area contributed by atoms with Crippen molar-refractivity contribution in [1.29, 1.82) is 0 Å². The first-order valence-electron chi connectivity index (χ1n) is 5.99. The van der Waals surface area contributed by atoms with Gasteiger partial charge in [-0.05, 0) is 53.2 Å². The molecule has 3 nitrogen and oxygen atoms in total. The zero-order chi connectivity index (χ0) is 14.8. The lowest BCUT2D eigenvalue weighted by Gasteiger charge is -2.23. The topological polar surface area (TPSA) is 37.4 Å². The third-order valence-corrected chi connectivity index (χ3v) is 6.17. The second-order valence-electron chi connectivity index (χ2n) is 4.08. The fourth-order valence-corrected chi connectivity index (χ4v) is 5.07. The lowest BCUT2D eigenvalue weighted by molar-refractivity contribution is 0.591. The Balaban J connectivity index is 2.53. The van der Waals surface area contributed by atoms with E-state index in [1.165, 1.54) is 4.31 Å². The Kier molecular flexibility index (Phi) is 4.88. The van der Waals surface area contributed by atoms with E-state index in [2.05, 4.69) is 31.9 Å². The Morgan fingerprint density at radius 2 is 1.70 bits per heavy atom. The molecule has 0 amide bonds. The van der Waals surface area contributed by atoms with Crippen molar-refractivity contribution in [3.8, 4) is 0 Å². The predicted molar refractivity (Wildman–Crippen MR) is 88.5 cm³/mol. The maximum Gasteiger partial charge on any atom is 0.265 e. The second kappa shape index (κ2) is 6.28. The molecule has 2 rings (SSSR count). The Labute approximate surface area is 135 Å². The van der Waals surface area contributed by atoms with Gasteiger partial charge in [0.2, 0.25) is 0 Å². The first kappa shape index (κ1) is 15.5. The van der Waals surface area contributed by atoms with Gasteiger partial charge in [0, 0.05) is 15.5 Å². The Hall–Kier alpha value is -0.850. The van der Waals surface area contributed by atoms with Crippen molar-refractivity contribution in [2.45, 2.75) is 11.8 Å². The molecule has 0 radical (unpaired) electrons. The normalized spacial score (nSPS) is 11.3. The van der Waals surface area contributed by atoms with Gasteiger partial charge in [-0.15, -0.1) is 0 Å². The van der Waals surface area contributed by atoms with E-state index in [9.17, 15) is 8.42 Å². The van der Waals surface area contributed by atoms with E-state index >= 15 is 0 Å². The van der Waals surface area contributed by atoms with Crippen LogP contribution in [0.2, 0.25) is 0 Å². The third kappa shape index (κ3) is 3.07. The van der Waals surface area contributed by atoms with E-state index in [1.807, 2.05) is 25.1 Å². The monoisotopic (exact) mass is 417 g/mol. The molecule has 6 heteroatoms. The van der Waals surface area contributed by atoms with Gasteiger partial charge in [-0.1, -0.05) is 34.1 Å². The average Bonchev–Trinajstić information content (AvgIpc) is 2.40. The van der Waals surface area contributed by atoms with Gasteiger partial charge in [-0.25, -0.2) is 8.42 Å². The van der Waals surface area contributed by atoms with Crippen molar-refractivity contribution in [2.75, 3.05) is 10.8 Å². The molecule has 0 aliphatic rings. The van der Waals surface area contributed by atoms with Crippen LogP contribution in [0.15, 0.2) is 62.4 Å². The molecule has 0 bridgehead atoms. The summed E-state index contributed by atoms with van der Waals surface area (Å²) in [6.45, 7) is 2.19. The van der Waals surface area contributed by atoms with Crippen LogP contribution in [0.4, 0.5) is 5.69 Å². The summed E-state index contributed by atoms with van der Waals surface area (Å²) in [6.07, 6.45) is 0. The fourth-order valence-electron chi connectivity index (χ4n) is 1.89. The van der Waals surface area contributed by atoms with E-state index < -0.39 is 10.0 Å². The summed E-state index contributed by atoms with van der Waals surface area (Å²) in [5.41, 5.74) is 0.657. The standard InChI is InChI=1S/C14H13Br2NO2S/c1-2-17(12-6-4-3-5-7-12)20(18,19)14-9-8-11(15)10-13(14)16/h3-10H,2H2,1H3. The molecule has 0 heterocycles. The van der Waals surface area contributed by atoms with Crippen LogP contribution in [-0.4, -0.2) is 15.0 Å². The minimum Gasteiger partial charge on any atom is -0.267 e. The number of nitrogens with zero attached hydrogens (tertiary/aromatic N) is 1. The molecule has 0 saturated carbocycles. The van der Waals surface area contributed by atoms with Gasteiger partial charge < -0.3 is 0 Å². The van der Waals surface area contributed by atoms with Crippen molar-refractivity contribution >= 4 is 47.6 Å². The van der Waals surface area contributed by atoms with Gasteiger partial charge in [0.1, 0.15) is 4.90 Å². The fraction of sp³-hybridized carbons (Fsp3) is 0.143. The van der Waals surface area contributed by atoms with Crippen LogP contribution in [0.5, 0.6) is 0 Å². The molecule has 0 saturated heterocycles. The second-order valence-corrected chi connectivity index (χ2v) is 7.68. The molecule has 0 aromatic heterocycles. The minimum absolute atomic E-state index is 0.256. The lowest BCUT2D eigenvalue weighted by Crippen LogP contribution is -2.30. The van der Waals surface area contributed by atoms with Crippen LogP contribution >= 0.6 is 31.9 Å². The van der Waals surface area contributed by atoms with E-state index in [0.29, 0.717) is 16.7 Å². The number of hydrogen-bond acceptors (Lipinski definition) is 2. The number of benzene rings is 2. The maximum absolute atomic E-state index is 12.8. The van der Waals surface area contributed by atoms with Crippen molar-refractivity contribution < 1.29 is 8.42 Å². The van der Waals surface area contributed by atoms with Gasteiger partial charge in [0.25, 0.3) is 10.0 Å². The van der Waals surface area contributed by atoms with Gasteiger partial charge >= 0.3 is 0 Å². The third-order valence-electron chi connectivity index (χ3n) is 2.79. The quantitative estimate of drug-likeness (QED) is 0.736. The summed E-state index contributed by atoms with van der Waals surface area (Å²) in [6, 6.07) is 14.1. The summed E-state index contributed by atoms with van der Waals surface area (Å²) >= 11 is 6.64. The summed E-state index contributed by atoms with van der Waals surface area (Å²) in [4.78, 5) is 0.256. The van der Waals surface area contributed by atoms with Crippen molar-refractivity contribution in [3.05, 3.63) is 57.5 Å². The minimum atomic E-state index is -3.59. The van der Waals surface area contributed by atoms with Crippen LogP contribution < -0.4 is 4.31 Å². The molecule has 0 unspecified atom stereocenters. The molecule has 0 N–H and O–H groups in total. The van der Waals surface area contributed by atoms with Crippen LogP contribution in [-0.2, 0) is 10.0 Å². The number of halogens is 2. The van der Waals surface area contributed by atoms with E-state index in [4.69, 9.17) is 0 Å². The summed E-state index contributed by atoms with van der Waals surface area (Å²) < 4.78 is 28.3. The summed E-state index contributed by atoms with van der Waals surface area (Å²) in [7, 11) is -3.59. The van der Waals surface area contributed by atoms with Crippen LogP contribution in [0.25, 0.3) is 0 Å². The Morgan fingerprint density at radius 1 is 1.05 bits per heavy atom. The molecule has 2 aromatic carbocycles. The Bertz CT molecular complexity index is 702. The highest BCUT2D eigenvalue weighted by molar-refractivity contribution is 9.11. The van der Waals surface area contributed by atoms with Gasteiger partial charge in [0.15, 0.2) is 0 Å². The number of hydrogen-bond donors (Lipinski definition) is 0. The van der Waals surface area contributed by atoms with E-state index in [0.717, 1.165) is 4.47 Å². The summed E-state index contributed by atoms with van der Waals surface area (Å²) in [5.74, 6) is 0. The molecule has 20 heavy (non-hydrogen) atoms. The highest BCUT2D eigenvalue weighted by Crippen LogP contribution is 2.30. The molecule has 0 fully saturated rings. The van der Waals surface area contributed by atoms with Gasteiger partial charge in [0.05, 0.1) is 5.69 Å². The number of anilines is 1. The first-order chi connectivity index (χ1) is 9.46. The largest absolute Gasteiger partial charge is 0.267 e. The molecule has 0 spiro atoms. The van der Waals surface area contributed by atoms with Crippen LogP contribution in [0.3, 0.4) is 0 Å². The first-order valence-corrected chi connectivity index (χ1v) is 9.02. The van der Waals surface area contributed by atoms with E-state index in [1.54, 1.807) is 30.3 Å². The Morgan fingerprint density at radius 3 is 2.25 bits per heavy atom. The molecule has 0 aliphatic carbocycles. The van der Waals surface area contributed by atoms with Gasteiger partial charge in [-0.3, -0.25) is 4.31 Å². The molecule has 0 atom stereocenters. The summed E-state index contributed by atoms with van der Waals surface area (Å²) in [5, 5.41) is 0. The zero-order valence-corrected chi connectivity index (χ0v) is 14.7. The van der Waals surface area contributed by atoms with Crippen LogP contribution in [0, 0.1) is 0 Å². The van der Waals surface area contributed by atoms with Crippen molar-refractivity contribution in [3.63, 3.8) is 0 Å². The number of sulfonamides is 1. The van der Waals surface area contributed by atoms with Crippen LogP contribution in [0.1, 0.15) is 6.92 Å².